The molecule has 1 aliphatic heterocycles. The van der Waals surface area contributed by atoms with E-state index in [1.165, 1.54) is 28.5 Å². The van der Waals surface area contributed by atoms with E-state index in [4.69, 9.17) is 4.74 Å². The van der Waals surface area contributed by atoms with Crippen molar-refractivity contribution >= 4 is 28.3 Å². The van der Waals surface area contributed by atoms with Crippen LogP contribution in [0.25, 0.3) is 0 Å². The standard InChI is InChI=1S/C22H26INO/c1-15-12-17(20-14-19(20)16-6-4-3-5-7-16)10-11-24(15)18-8-9-21(23)22(13-18)25-2/h3-9,13,15,17,19-20H,10-12,14H2,1-2H3/t15?,17?,19-,20-/m0/s1. The topological polar surface area (TPSA) is 12.5 Å². The molecule has 25 heavy (non-hydrogen) atoms. The van der Waals surface area contributed by atoms with Gasteiger partial charge in [-0.1, -0.05) is 30.3 Å². The number of methoxy groups -OCH3 is 1. The van der Waals surface area contributed by atoms with Crippen LogP contribution in [0.2, 0.25) is 0 Å². The summed E-state index contributed by atoms with van der Waals surface area (Å²) in [5.74, 6) is 3.57. The molecule has 0 N–H and O–H groups in total. The highest BCUT2D eigenvalue weighted by molar-refractivity contribution is 14.1. The molecule has 1 saturated carbocycles. The predicted octanol–water partition coefficient (Wildman–Crippen LogP) is 5.71. The zero-order chi connectivity index (χ0) is 17.4. The van der Waals surface area contributed by atoms with Gasteiger partial charge in [0.05, 0.1) is 10.7 Å². The van der Waals surface area contributed by atoms with Crippen LogP contribution < -0.4 is 9.64 Å². The molecule has 0 amide bonds. The maximum absolute atomic E-state index is 5.51. The summed E-state index contributed by atoms with van der Waals surface area (Å²) in [4.78, 5) is 2.56. The van der Waals surface area contributed by atoms with Gasteiger partial charge in [0.25, 0.3) is 0 Å². The molecule has 2 fully saturated rings. The molecule has 0 spiro atoms. The Morgan fingerprint density at radius 2 is 1.88 bits per heavy atom. The minimum absolute atomic E-state index is 0.598. The summed E-state index contributed by atoms with van der Waals surface area (Å²) in [6.45, 7) is 3.55. The van der Waals surface area contributed by atoms with E-state index in [1.54, 1.807) is 12.7 Å². The van der Waals surface area contributed by atoms with Gasteiger partial charge in [-0.15, -0.1) is 0 Å². The number of piperidine rings is 1. The highest BCUT2D eigenvalue weighted by atomic mass is 127. The van der Waals surface area contributed by atoms with E-state index in [0.717, 1.165) is 30.0 Å². The summed E-state index contributed by atoms with van der Waals surface area (Å²) >= 11 is 2.34. The zero-order valence-corrected chi connectivity index (χ0v) is 17.1. The molecule has 2 nitrogen and oxygen atoms in total. The molecule has 0 radical (unpaired) electrons. The average molecular weight is 447 g/mol. The van der Waals surface area contributed by atoms with Crippen molar-refractivity contribution in [2.45, 2.75) is 38.1 Å². The smallest absolute Gasteiger partial charge is 0.134 e. The van der Waals surface area contributed by atoms with Crippen molar-refractivity contribution in [3.8, 4) is 5.75 Å². The highest BCUT2D eigenvalue weighted by Crippen LogP contribution is 2.55. The van der Waals surface area contributed by atoms with Gasteiger partial charge in [-0.25, -0.2) is 0 Å². The minimum Gasteiger partial charge on any atom is -0.496 e. The molecule has 2 unspecified atom stereocenters. The lowest BCUT2D eigenvalue weighted by Crippen LogP contribution is -2.41. The summed E-state index contributed by atoms with van der Waals surface area (Å²) in [7, 11) is 1.76. The number of benzene rings is 2. The van der Waals surface area contributed by atoms with Crippen molar-refractivity contribution < 1.29 is 4.74 Å². The van der Waals surface area contributed by atoms with Crippen LogP contribution in [0.4, 0.5) is 5.69 Å². The van der Waals surface area contributed by atoms with Crippen LogP contribution in [0.5, 0.6) is 5.75 Å². The third-order valence-electron chi connectivity index (χ3n) is 6.06. The predicted molar refractivity (Wildman–Crippen MR) is 113 cm³/mol. The summed E-state index contributed by atoms with van der Waals surface area (Å²) < 4.78 is 6.69. The third kappa shape index (κ3) is 3.53. The van der Waals surface area contributed by atoms with Crippen LogP contribution in [0.15, 0.2) is 48.5 Å². The molecule has 1 heterocycles. The summed E-state index contributed by atoms with van der Waals surface area (Å²) in [5.41, 5.74) is 2.85. The number of hydrogen-bond donors (Lipinski definition) is 0. The van der Waals surface area contributed by atoms with Crippen molar-refractivity contribution in [3.05, 3.63) is 57.7 Å². The van der Waals surface area contributed by atoms with Crippen LogP contribution in [-0.2, 0) is 0 Å². The Morgan fingerprint density at radius 1 is 1.08 bits per heavy atom. The SMILES string of the molecule is COc1cc(N2CCC([C@@H]3C[C@H]3c3ccccc3)CC2C)ccc1I. The van der Waals surface area contributed by atoms with Crippen LogP contribution in [0.1, 0.15) is 37.7 Å². The fourth-order valence-corrected chi connectivity index (χ4v) is 5.18. The summed E-state index contributed by atoms with van der Waals surface area (Å²) in [5, 5.41) is 0. The molecule has 0 bridgehead atoms. The van der Waals surface area contributed by atoms with Crippen LogP contribution in [-0.4, -0.2) is 19.7 Å². The second kappa shape index (κ2) is 7.18. The molecular weight excluding hydrogens is 421 g/mol. The van der Waals surface area contributed by atoms with Crippen LogP contribution >= 0.6 is 22.6 Å². The van der Waals surface area contributed by atoms with E-state index in [1.807, 2.05) is 0 Å². The zero-order valence-electron chi connectivity index (χ0n) is 15.0. The van der Waals surface area contributed by atoms with Crippen LogP contribution in [0.3, 0.4) is 0 Å². The molecule has 2 aromatic rings. The van der Waals surface area contributed by atoms with Crippen molar-refractivity contribution in [3.63, 3.8) is 0 Å². The van der Waals surface area contributed by atoms with E-state index in [-0.39, 0.29) is 0 Å². The van der Waals surface area contributed by atoms with Crippen molar-refractivity contribution in [2.24, 2.45) is 11.8 Å². The first-order chi connectivity index (χ1) is 12.2. The lowest BCUT2D eigenvalue weighted by molar-refractivity contribution is 0.314. The quantitative estimate of drug-likeness (QED) is 0.557. The van der Waals surface area contributed by atoms with Gasteiger partial charge in [0.1, 0.15) is 5.75 Å². The fourth-order valence-electron chi connectivity index (χ4n) is 4.63. The number of anilines is 1. The lowest BCUT2D eigenvalue weighted by Gasteiger charge is -2.40. The largest absolute Gasteiger partial charge is 0.496 e. The number of ether oxygens (including phenoxy) is 1. The maximum atomic E-state index is 5.51. The van der Waals surface area contributed by atoms with Crippen LogP contribution in [0, 0.1) is 15.4 Å². The first kappa shape index (κ1) is 17.2. The summed E-state index contributed by atoms with van der Waals surface area (Å²) in [6.07, 6.45) is 4.01. The Hall–Kier alpha value is -1.23. The van der Waals surface area contributed by atoms with Gasteiger partial charge in [0.15, 0.2) is 0 Å². The molecule has 1 saturated heterocycles. The van der Waals surface area contributed by atoms with Crippen molar-refractivity contribution in [1.82, 2.24) is 0 Å². The van der Waals surface area contributed by atoms with E-state index >= 15 is 0 Å². The van der Waals surface area contributed by atoms with Gasteiger partial charge in [-0.3, -0.25) is 0 Å². The Labute approximate surface area is 164 Å². The minimum atomic E-state index is 0.598. The average Bonchev–Trinajstić information content (AvgIpc) is 3.44. The monoisotopic (exact) mass is 447 g/mol. The molecule has 132 valence electrons. The summed E-state index contributed by atoms with van der Waals surface area (Å²) in [6, 6.07) is 18.3. The van der Waals surface area contributed by atoms with Gasteiger partial charge >= 0.3 is 0 Å². The number of halogens is 1. The van der Waals surface area contributed by atoms with E-state index in [0.29, 0.717) is 6.04 Å². The lowest BCUT2D eigenvalue weighted by atomic mass is 9.86. The van der Waals surface area contributed by atoms with Gasteiger partial charge in [0.2, 0.25) is 0 Å². The first-order valence-electron chi connectivity index (χ1n) is 9.32. The second-order valence-electron chi connectivity index (χ2n) is 7.56. The fraction of sp³-hybridized carbons (Fsp3) is 0.455. The van der Waals surface area contributed by atoms with E-state index in [9.17, 15) is 0 Å². The maximum Gasteiger partial charge on any atom is 0.134 e. The van der Waals surface area contributed by atoms with Gasteiger partial charge in [-0.05, 0) is 84.2 Å². The molecule has 2 aromatic carbocycles. The third-order valence-corrected chi connectivity index (χ3v) is 6.95. The Bertz CT molecular complexity index is 732. The molecule has 4 atom stereocenters. The van der Waals surface area contributed by atoms with Gasteiger partial charge in [0, 0.05) is 24.3 Å². The van der Waals surface area contributed by atoms with Gasteiger partial charge in [-0.2, -0.15) is 0 Å². The molecule has 0 aromatic heterocycles. The van der Waals surface area contributed by atoms with Crippen molar-refractivity contribution in [2.75, 3.05) is 18.6 Å². The van der Waals surface area contributed by atoms with Gasteiger partial charge < -0.3 is 9.64 Å². The molecule has 1 aliphatic carbocycles. The number of hydrogen-bond acceptors (Lipinski definition) is 2. The number of rotatable bonds is 4. The Morgan fingerprint density at radius 3 is 2.60 bits per heavy atom. The normalized spacial score (nSPS) is 28.7. The second-order valence-corrected chi connectivity index (χ2v) is 8.72. The molecule has 3 heteroatoms. The van der Waals surface area contributed by atoms with E-state index < -0.39 is 0 Å². The van der Waals surface area contributed by atoms with Crippen molar-refractivity contribution in [1.29, 1.82) is 0 Å². The Balaban J connectivity index is 1.41. The first-order valence-corrected chi connectivity index (χ1v) is 10.4. The molecule has 2 aliphatic rings. The molecule has 4 rings (SSSR count). The Kier molecular flexibility index (Phi) is 4.94. The highest BCUT2D eigenvalue weighted by Gasteiger charge is 2.45. The van der Waals surface area contributed by atoms with E-state index in [2.05, 4.69) is 82.9 Å². The number of nitrogens with zero attached hydrogens (tertiary/aromatic N) is 1. The molecular formula is C22H26INO.